The lowest BCUT2D eigenvalue weighted by Gasteiger charge is -2.28. The van der Waals surface area contributed by atoms with Gasteiger partial charge in [-0.05, 0) is 68.1 Å². The normalized spacial score (nSPS) is 14.1. The summed E-state index contributed by atoms with van der Waals surface area (Å²) in [6.45, 7) is 10.3. The van der Waals surface area contributed by atoms with Crippen molar-refractivity contribution in [3.63, 3.8) is 0 Å². The summed E-state index contributed by atoms with van der Waals surface area (Å²) >= 11 is 1.54. The van der Waals surface area contributed by atoms with Gasteiger partial charge >= 0.3 is 0 Å². The predicted octanol–water partition coefficient (Wildman–Crippen LogP) is 4.66. The van der Waals surface area contributed by atoms with Crippen LogP contribution in [0.25, 0.3) is 5.69 Å². The number of halogens is 1. The summed E-state index contributed by atoms with van der Waals surface area (Å²) in [4.78, 5) is 14.3. The van der Waals surface area contributed by atoms with Crippen molar-refractivity contribution in [3.05, 3.63) is 64.0 Å². The SMILES string of the molecule is CC(=O)c1c(C)cc(C)c(CSc2nnc(N3CCOCC3)n2-c2cccc(F)c2)c1C. The van der Waals surface area contributed by atoms with Gasteiger partial charge in [0, 0.05) is 24.4 Å². The van der Waals surface area contributed by atoms with Crippen molar-refractivity contribution in [2.45, 2.75) is 38.6 Å². The van der Waals surface area contributed by atoms with Crippen molar-refractivity contribution in [1.29, 1.82) is 0 Å². The molecular weight excluding hydrogens is 427 g/mol. The van der Waals surface area contributed by atoms with Crippen LogP contribution in [0.15, 0.2) is 35.5 Å². The highest BCUT2D eigenvalue weighted by Gasteiger charge is 2.23. The molecule has 32 heavy (non-hydrogen) atoms. The molecule has 168 valence electrons. The summed E-state index contributed by atoms with van der Waals surface area (Å²) in [6.07, 6.45) is 0. The number of carbonyl (C=O) groups is 1. The van der Waals surface area contributed by atoms with Crippen LogP contribution in [0.5, 0.6) is 0 Å². The fourth-order valence-corrected chi connectivity index (χ4v) is 5.42. The molecule has 0 amide bonds. The number of hydrogen-bond donors (Lipinski definition) is 0. The first-order chi connectivity index (χ1) is 15.4. The molecule has 1 aliphatic rings. The Balaban J connectivity index is 1.71. The first kappa shape index (κ1) is 22.5. The van der Waals surface area contributed by atoms with E-state index in [0.717, 1.165) is 27.8 Å². The molecule has 1 aromatic heterocycles. The van der Waals surface area contributed by atoms with E-state index in [9.17, 15) is 9.18 Å². The topological polar surface area (TPSA) is 60.3 Å². The lowest BCUT2D eigenvalue weighted by atomic mass is 9.92. The van der Waals surface area contributed by atoms with Crippen molar-refractivity contribution in [2.24, 2.45) is 0 Å². The quantitative estimate of drug-likeness (QED) is 0.399. The highest BCUT2D eigenvalue weighted by atomic mass is 32.2. The number of morpholine rings is 1. The van der Waals surface area contributed by atoms with E-state index in [1.165, 1.54) is 23.9 Å². The van der Waals surface area contributed by atoms with Crippen LogP contribution in [0.4, 0.5) is 10.3 Å². The third kappa shape index (κ3) is 4.42. The zero-order chi connectivity index (χ0) is 22.8. The summed E-state index contributed by atoms with van der Waals surface area (Å²) in [7, 11) is 0. The van der Waals surface area contributed by atoms with Gasteiger partial charge in [-0.3, -0.25) is 9.36 Å². The van der Waals surface area contributed by atoms with E-state index < -0.39 is 0 Å². The number of rotatable bonds is 6. The smallest absolute Gasteiger partial charge is 0.232 e. The maximum Gasteiger partial charge on any atom is 0.232 e. The minimum atomic E-state index is -0.309. The molecule has 0 aliphatic carbocycles. The minimum Gasteiger partial charge on any atom is -0.378 e. The van der Waals surface area contributed by atoms with Crippen LogP contribution in [0.1, 0.15) is 39.5 Å². The second-order valence-corrected chi connectivity index (χ2v) is 8.97. The molecule has 6 nitrogen and oxygen atoms in total. The van der Waals surface area contributed by atoms with E-state index in [4.69, 9.17) is 4.74 Å². The van der Waals surface area contributed by atoms with Crippen molar-refractivity contribution >= 4 is 23.5 Å². The molecule has 2 aromatic carbocycles. The highest BCUT2D eigenvalue weighted by molar-refractivity contribution is 7.98. The number of hydrogen-bond acceptors (Lipinski definition) is 6. The lowest BCUT2D eigenvalue weighted by molar-refractivity contribution is 0.101. The number of aryl methyl sites for hydroxylation is 2. The predicted molar refractivity (Wildman–Crippen MR) is 125 cm³/mol. The summed E-state index contributed by atoms with van der Waals surface area (Å²) in [5.41, 5.74) is 5.73. The number of Topliss-reactive ketones (excluding diaryl/α,β-unsaturated/α-hetero) is 1. The van der Waals surface area contributed by atoms with E-state index in [2.05, 4.69) is 28.1 Å². The molecule has 3 aromatic rings. The zero-order valence-corrected chi connectivity index (χ0v) is 19.6. The monoisotopic (exact) mass is 454 g/mol. The lowest BCUT2D eigenvalue weighted by Crippen LogP contribution is -2.37. The molecule has 0 radical (unpaired) electrons. The maximum atomic E-state index is 14.1. The zero-order valence-electron chi connectivity index (χ0n) is 18.8. The Morgan fingerprint density at radius 2 is 1.88 bits per heavy atom. The Labute approximate surface area is 191 Å². The molecule has 0 unspecified atom stereocenters. The van der Waals surface area contributed by atoms with Gasteiger partial charge in [-0.15, -0.1) is 10.2 Å². The fraction of sp³-hybridized carbons (Fsp3) is 0.375. The number of anilines is 1. The molecule has 1 aliphatic heterocycles. The number of aromatic nitrogens is 3. The van der Waals surface area contributed by atoms with E-state index >= 15 is 0 Å². The van der Waals surface area contributed by atoms with Crippen LogP contribution >= 0.6 is 11.8 Å². The number of thioether (sulfide) groups is 1. The summed E-state index contributed by atoms with van der Waals surface area (Å²) in [6, 6.07) is 8.54. The molecule has 8 heteroatoms. The van der Waals surface area contributed by atoms with Crippen LogP contribution in [-0.4, -0.2) is 46.9 Å². The highest BCUT2D eigenvalue weighted by Crippen LogP contribution is 2.32. The van der Waals surface area contributed by atoms with Gasteiger partial charge in [0.05, 0.1) is 18.9 Å². The second kappa shape index (κ2) is 9.42. The van der Waals surface area contributed by atoms with E-state index in [1.807, 2.05) is 24.5 Å². The Bertz CT molecular complexity index is 1160. The number of carbonyl (C=O) groups excluding carboxylic acids is 1. The molecule has 0 N–H and O–H groups in total. The summed E-state index contributed by atoms with van der Waals surface area (Å²) < 4.78 is 21.4. The van der Waals surface area contributed by atoms with Crippen LogP contribution in [0, 0.1) is 26.6 Å². The Morgan fingerprint density at radius 1 is 1.12 bits per heavy atom. The molecule has 2 heterocycles. The summed E-state index contributed by atoms with van der Waals surface area (Å²) in [5.74, 6) is 1.08. The van der Waals surface area contributed by atoms with Gasteiger partial charge in [-0.1, -0.05) is 23.9 Å². The standard InChI is InChI=1S/C24H27FN4O2S/c1-15-12-16(2)22(18(4)30)17(3)21(15)14-32-24-27-26-23(28-8-10-31-11-9-28)29(24)20-7-5-6-19(25)13-20/h5-7,12-13H,8-11,14H2,1-4H3. The molecule has 0 bridgehead atoms. The van der Waals surface area contributed by atoms with Gasteiger partial charge in [-0.2, -0.15) is 0 Å². The molecule has 4 rings (SSSR count). The molecular formula is C24H27FN4O2S. The van der Waals surface area contributed by atoms with Gasteiger partial charge in [0.1, 0.15) is 5.82 Å². The number of ketones is 1. The second-order valence-electron chi connectivity index (χ2n) is 8.03. The minimum absolute atomic E-state index is 0.0729. The van der Waals surface area contributed by atoms with Crippen molar-refractivity contribution in [1.82, 2.24) is 14.8 Å². The van der Waals surface area contributed by atoms with Crippen molar-refractivity contribution in [3.8, 4) is 5.69 Å². The first-order valence-corrected chi connectivity index (χ1v) is 11.6. The van der Waals surface area contributed by atoms with E-state index in [0.29, 0.717) is 48.8 Å². The largest absolute Gasteiger partial charge is 0.378 e. The fourth-order valence-electron chi connectivity index (χ4n) is 4.29. The summed E-state index contributed by atoms with van der Waals surface area (Å²) in [5, 5.41) is 9.58. The third-order valence-electron chi connectivity index (χ3n) is 5.81. The molecule has 1 fully saturated rings. The van der Waals surface area contributed by atoms with Crippen LogP contribution in [0.2, 0.25) is 0 Å². The van der Waals surface area contributed by atoms with Gasteiger partial charge in [0.25, 0.3) is 0 Å². The number of ether oxygens (including phenoxy) is 1. The van der Waals surface area contributed by atoms with Gasteiger partial charge in [0.2, 0.25) is 5.95 Å². The van der Waals surface area contributed by atoms with Gasteiger partial charge < -0.3 is 9.64 Å². The first-order valence-electron chi connectivity index (χ1n) is 10.6. The molecule has 0 saturated carbocycles. The van der Waals surface area contributed by atoms with Crippen molar-refractivity contribution in [2.75, 3.05) is 31.2 Å². The van der Waals surface area contributed by atoms with E-state index in [-0.39, 0.29) is 11.6 Å². The number of nitrogens with zero attached hydrogens (tertiary/aromatic N) is 4. The van der Waals surface area contributed by atoms with E-state index in [1.54, 1.807) is 13.0 Å². The molecule has 1 saturated heterocycles. The Morgan fingerprint density at radius 3 is 2.56 bits per heavy atom. The average molecular weight is 455 g/mol. The van der Waals surface area contributed by atoms with Gasteiger partial charge in [-0.25, -0.2) is 4.39 Å². The van der Waals surface area contributed by atoms with Crippen LogP contribution in [0.3, 0.4) is 0 Å². The van der Waals surface area contributed by atoms with Crippen LogP contribution < -0.4 is 4.90 Å². The number of benzene rings is 2. The van der Waals surface area contributed by atoms with Crippen LogP contribution in [-0.2, 0) is 10.5 Å². The van der Waals surface area contributed by atoms with Crippen molar-refractivity contribution < 1.29 is 13.9 Å². The third-order valence-corrected chi connectivity index (χ3v) is 6.76. The Hall–Kier alpha value is -2.71. The molecule has 0 spiro atoms. The van der Waals surface area contributed by atoms with Gasteiger partial charge in [0.15, 0.2) is 10.9 Å². The maximum absolute atomic E-state index is 14.1. The Kier molecular flexibility index (Phi) is 6.62. The molecule has 0 atom stereocenters. The average Bonchev–Trinajstić information content (AvgIpc) is 3.17.